The number of aryl methyl sites for hydroxylation is 1. The summed E-state index contributed by atoms with van der Waals surface area (Å²) < 4.78 is 3.18. The van der Waals surface area contributed by atoms with Crippen LogP contribution in [-0.2, 0) is 11.3 Å². The van der Waals surface area contributed by atoms with Crippen LogP contribution in [0.25, 0.3) is 5.65 Å². The van der Waals surface area contributed by atoms with Gasteiger partial charge in [-0.3, -0.25) is 4.79 Å². The molecule has 3 aromatic heterocycles. The molecule has 0 aliphatic heterocycles. The Bertz CT molecular complexity index is 1040. The second kappa shape index (κ2) is 6.71. The van der Waals surface area contributed by atoms with Crippen LogP contribution in [0, 0.1) is 6.92 Å². The SMILES string of the molecule is Cc1nnnn1C(C(=O)NCc1cnn2cccnc12)c1ccccc1. The molecular formula is C17H16N8O. The van der Waals surface area contributed by atoms with E-state index in [0.29, 0.717) is 18.0 Å². The maximum atomic E-state index is 13.0. The summed E-state index contributed by atoms with van der Waals surface area (Å²) in [5.74, 6) is 0.355. The molecule has 4 rings (SSSR count). The van der Waals surface area contributed by atoms with Gasteiger partial charge in [0.25, 0.3) is 0 Å². The summed E-state index contributed by atoms with van der Waals surface area (Å²) in [6.07, 6.45) is 5.20. The van der Waals surface area contributed by atoms with Gasteiger partial charge in [-0.1, -0.05) is 30.3 Å². The standard InChI is InChI=1S/C17H16N8O/c1-12-21-22-23-25(12)15(13-6-3-2-4-7-13)17(26)19-10-14-11-20-24-9-5-8-18-16(14)24/h2-9,11,15H,10H2,1H3,(H,19,26). The summed E-state index contributed by atoms with van der Waals surface area (Å²) in [7, 11) is 0. The molecule has 9 nitrogen and oxygen atoms in total. The molecule has 1 amide bonds. The molecular weight excluding hydrogens is 332 g/mol. The number of rotatable bonds is 5. The average Bonchev–Trinajstić information content (AvgIpc) is 3.28. The highest BCUT2D eigenvalue weighted by molar-refractivity contribution is 5.83. The predicted molar refractivity (Wildman–Crippen MR) is 92.0 cm³/mol. The fourth-order valence-electron chi connectivity index (χ4n) is 2.80. The van der Waals surface area contributed by atoms with Crippen molar-refractivity contribution in [2.45, 2.75) is 19.5 Å². The number of tetrazole rings is 1. The fraction of sp³-hybridized carbons (Fsp3) is 0.176. The molecule has 1 aromatic carbocycles. The second-order valence-corrected chi connectivity index (χ2v) is 5.76. The van der Waals surface area contributed by atoms with Crippen molar-refractivity contribution in [3.8, 4) is 0 Å². The highest BCUT2D eigenvalue weighted by atomic mass is 16.2. The van der Waals surface area contributed by atoms with Crippen molar-refractivity contribution in [1.29, 1.82) is 0 Å². The van der Waals surface area contributed by atoms with Gasteiger partial charge in [-0.15, -0.1) is 5.10 Å². The van der Waals surface area contributed by atoms with E-state index in [4.69, 9.17) is 0 Å². The third kappa shape index (κ3) is 2.90. The number of carbonyl (C=O) groups excluding carboxylic acids is 1. The monoisotopic (exact) mass is 348 g/mol. The Balaban J connectivity index is 1.60. The quantitative estimate of drug-likeness (QED) is 0.575. The van der Waals surface area contributed by atoms with Crippen molar-refractivity contribution in [2.75, 3.05) is 0 Å². The zero-order chi connectivity index (χ0) is 17.9. The average molecular weight is 348 g/mol. The predicted octanol–water partition coefficient (Wildman–Crippen LogP) is 0.930. The van der Waals surface area contributed by atoms with Gasteiger partial charge in [-0.2, -0.15) is 5.10 Å². The summed E-state index contributed by atoms with van der Waals surface area (Å²) in [6.45, 7) is 2.07. The van der Waals surface area contributed by atoms with E-state index in [1.165, 1.54) is 4.68 Å². The largest absolute Gasteiger partial charge is 0.350 e. The topological polar surface area (TPSA) is 103 Å². The minimum atomic E-state index is -0.652. The molecule has 4 aromatic rings. The Morgan fingerprint density at radius 2 is 2.08 bits per heavy atom. The van der Waals surface area contributed by atoms with E-state index >= 15 is 0 Å². The van der Waals surface area contributed by atoms with Crippen LogP contribution in [0.15, 0.2) is 55.0 Å². The first-order valence-corrected chi connectivity index (χ1v) is 8.08. The van der Waals surface area contributed by atoms with E-state index in [9.17, 15) is 4.79 Å². The zero-order valence-corrected chi connectivity index (χ0v) is 14.0. The smallest absolute Gasteiger partial charge is 0.249 e. The first kappa shape index (κ1) is 15.9. The van der Waals surface area contributed by atoms with Gasteiger partial charge in [0.15, 0.2) is 11.7 Å². The zero-order valence-electron chi connectivity index (χ0n) is 14.0. The molecule has 0 spiro atoms. The molecule has 1 N–H and O–H groups in total. The Kier molecular flexibility index (Phi) is 4.10. The summed E-state index contributed by atoms with van der Waals surface area (Å²) in [5.41, 5.74) is 2.35. The lowest BCUT2D eigenvalue weighted by atomic mass is 10.1. The number of hydrogen-bond acceptors (Lipinski definition) is 6. The summed E-state index contributed by atoms with van der Waals surface area (Å²) in [6, 6.07) is 10.6. The van der Waals surface area contributed by atoms with Crippen LogP contribution in [0.2, 0.25) is 0 Å². The second-order valence-electron chi connectivity index (χ2n) is 5.76. The first-order chi connectivity index (χ1) is 12.7. The highest BCUT2D eigenvalue weighted by Crippen LogP contribution is 2.19. The van der Waals surface area contributed by atoms with Crippen molar-refractivity contribution in [1.82, 2.24) is 40.1 Å². The van der Waals surface area contributed by atoms with Crippen LogP contribution in [0.4, 0.5) is 0 Å². The number of aromatic nitrogens is 7. The van der Waals surface area contributed by atoms with Gasteiger partial charge in [0.1, 0.15) is 5.82 Å². The van der Waals surface area contributed by atoms with Gasteiger partial charge in [0.05, 0.1) is 6.20 Å². The van der Waals surface area contributed by atoms with Crippen LogP contribution in [0.5, 0.6) is 0 Å². The van der Waals surface area contributed by atoms with Crippen LogP contribution in [0.3, 0.4) is 0 Å². The van der Waals surface area contributed by atoms with Gasteiger partial charge >= 0.3 is 0 Å². The molecule has 3 heterocycles. The first-order valence-electron chi connectivity index (χ1n) is 8.08. The van der Waals surface area contributed by atoms with E-state index in [1.54, 1.807) is 29.9 Å². The third-order valence-corrected chi connectivity index (χ3v) is 4.07. The minimum absolute atomic E-state index is 0.207. The molecule has 26 heavy (non-hydrogen) atoms. The van der Waals surface area contributed by atoms with Gasteiger partial charge in [0, 0.05) is 24.5 Å². The molecule has 0 fully saturated rings. The maximum Gasteiger partial charge on any atom is 0.249 e. The summed E-state index contributed by atoms with van der Waals surface area (Å²) in [5, 5.41) is 18.7. The Morgan fingerprint density at radius 3 is 2.85 bits per heavy atom. The van der Waals surface area contributed by atoms with E-state index < -0.39 is 6.04 Å². The van der Waals surface area contributed by atoms with Crippen molar-refractivity contribution in [3.05, 3.63) is 71.9 Å². The van der Waals surface area contributed by atoms with E-state index in [-0.39, 0.29) is 5.91 Å². The number of benzene rings is 1. The van der Waals surface area contributed by atoms with Gasteiger partial charge in [0.2, 0.25) is 5.91 Å². The summed E-state index contributed by atoms with van der Waals surface area (Å²) >= 11 is 0. The van der Waals surface area contributed by atoms with E-state index in [1.807, 2.05) is 36.5 Å². The Morgan fingerprint density at radius 1 is 1.23 bits per heavy atom. The van der Waals surface area contributed by atoms with Crippen molar-refractivity contribution in [3.63, 3.8) is 0 Å². The van der Waals surface area contributed by atoms with Crippen LogP contribution < -0.4 is 5.32 Å². The van der Waals surface area contributed by atoms with E-state index in [0.717, 1.165) is 11.1 Å². The lowest BCUT2D eigenvalue weighted by Gasteiger charge is -2.17. The molecule has 0 saturated carbocycles. The van der Waals surface area contributed by atoms with E-state index in [2.05, 4.69) is 30.9 Å². The number of amides is 1. The van der Waals surface area contributed by atoms with Crippen molar-refractivity contribution < 1.29 is 4.79 Å². The molecule has 9 heteroatoms. The van der Waals surface area contributed by atoms with Gasteiger partial charge < -0.3 is 5.32 Å². The third-order valence-electron chi connectivity index (χ3n) is 4.07. The normalized spacial score (nSPS) is 12.2. The maximum absolute atomic E-state index is 13.0. The number of fused-ring (bicyclic) bond motifs is 1. The minimum Gasteiger partial charge on any atom is -0.350 e. The van der Waals surface area contributed by atoms with Crippen LogP contribution in [-0.4, -0.2) is 40.7 Å². The number of hydrogen-bond donors (Lipinski definition) is 1. The van der Waals surface area contributed by atoms with Crippen molar-refractivity contribution >= 4 is 11.6 Å². The molecule has 0 aliphatic rings. The molecule has 0 aliphatic carbocycles. The molecule has 0 bridgehead atoms. The lowest BCUT2D eigenvalue weighted by Crippen LogP contribution is -2.34. The molecule has 0 radical (unpaired) electrons. The molecule has 1 atom stereocenters. The molecule has 1 unspecified atom stereocenters. The van der Waals surface area contributed by atoms with Crippen molar-refractivity contribution in [2.24, 2.45) is 0 Å². The lowest BCUT2D eigenvalue weighted by molar-refractivity contribution is -0.123. The highest BCUT2D eigenvalue weighted by Gasteiger charge is 2.25. The number of nitrogens with zero attached hydrogens (tertiary/aromatic N) is 7. The number of carbonyl (C=O) groups is 1. The van der Waals surface area contributed by atoms with Gasteiger partial charge in [-0.25, -0.2) is 14.2 Å². The van der Waals surface area contributed by atoms with Crippen LogP contribution in [0.1, 0.15) is 23.0 Å². The Labute approximate surface area is 148 Å². The van der Waals surface area contributed by atoms with Gasteiger partial charge in [-0.05, 0) is 29.0 Å². The Hall–Kier alpha value is -3.62. The summed E-state index contributed by atoms with van der Waals surface area (Å²) in [4.78, 5) is 17.2. The number of nitrogens with one attached hydrogen (secondary N) is 1. The van der Waals surface area contributed by atoms with Crippen LogP contribution >= 0.6 is 0 Å². The fourth-order valence-corrected chi connectivity index (χ4v) is 2.80. The molecule has 0 saturated heterocycles. The molecule has 130 valence electrons.